The van der Waals surface area contributed by atoms with Gasteiger partial charge < -0.3 is 10.6 Å². The van der Waals surface area contributed by atoms with Crippen molar-refractivity contribution in [1.82, 2.24) is 10.6 Å². The summed E-state index contributed by atoms with van der Waals surface area (Å²) in [6.07, 6.45) is 0.474. The first-order valence-electron chi connectivity index (χ1n) is 7.59. The Balaban J connectivity index is 2.53. The largest absolute Gasteiger partial charge is 0.354 e. The first kappa shape index (κ1) is 19.1. The van der Waals surface area contributed by atoms with Crippen molar-refractivity contribution < 1.29 is 22.2 Å². The lowest BCUT2D eigenvalue weighted by molar-refractivity contribution is -0.132. The molecule has 22 heavy (non-hydrogen) atoms. The third-order valence-electron chi connectivity index (χ3n) is 3.16. The van der Waals surface area contributed by atoms with E-state index in [0.717, 1.165) is 6.42 Å². The van der Waals surface area contributed by atoms with Crippen LogP contribution >= 0.6 is 0 Å². The Labute approximate surface area is 134 Å². The van der Waals surface area contributed by atoms with Crippen molar-refractivity contribution in [2.75, 3.05) is 13.2 Å². The van der Waals surface area contributed by atoms with Crippen LogP contribution in [0.3, 0.4) is 0 Å². The number of hydrogen-bond donors (Lipinski definition) is 2. The number of hydrogen-bond acceptors (Lipinski definition) is 5. The van der Waals surface area contributed by atoms with Gasteiger partial charge >= 0.3 is 11.4 Å². The maximum Gasteiger partial charge on any atom is 0.305 e. The third kappa shape index (κ3) is 6.85. The quantitative estimate of drug-likeness (QED) is 0.680. The van der Waals surface area contributed by atoms with Crippen molar-refractivity contribution in [2.24, 2.45) is 11.8 Å². The normalized spacial score (nSPS) is 22.8. The van der Waals surface area contributed by atoms with Gasteiger partial charge in [0.05, 0.1) is 0 Å². The second-order valence-corrected chi connectivity index (χ2v) is 7.07. The molecule has 0 saturated carbocycles. The van der Waals surface area contributed by atoms with Crippen molar-refractivity contribution in [1.29, 1.82) is 0 Å². The van der Waals surface area contributed by atoms with Crippen molar-refractivity contribution in [2.45, 2.75) is 52.7 Å². The molecule has 1 heterocycles. The second-order valence-electron chi connectivity index (χ2n) is 6.24. The molecule has 1 rings (SSSR count). The van der Waals surface area contributed by atoms with Crippen LogP contribution in [0.25, 0.3) is 0 Å². The maximum atomic E-state index is 12.2. The molecule has 0 spiro atoms. The average molecular weight is 334 g/mol. The molecular weight excluding hydrogens is 308 g/mol. The van der Waals surface area contributed by atoms with Crippen LogP contribution in [0.4, 0.5) is 0 Å². The van der Waals surface area contributed by atoms with Gasteiger partial charge in [-0.25, -0.2) is 0 Å². The average Bonchev–Trinajstić information content (AvgIpc) is 2.83. The summed E-state index contributed by atoms with van der Waals surface area (Å²) >= 11 is -1.88. The van der Waals surface area contributed by atoms with Crippen molar-refractivity contribution in [3.8, 4) is 0 Å². The summed E-state index contributed by atoms with van der Waals surface area (Å²) in [7, 11) is 0. The van der Waals surface area contributed by atoms with E-state index in [1.165, 1.54) is 0 Å². The van der Waals surface area contributed by atoms with Crippen molar-refractivity contribution >= 4 is 23.2 Å². The molecule has 128 valence electrons. The number of nitrogens with one attached hydrogen (secondary N) is 2. The molecule has 2 amide bonds. The molecule has 1 aliphatic rings. The van der Waals surface area contributed by atoms with E-state index < -0.39 is 29.4 Å². The predicted octanol–water partition coefficient (Wildman–Crippen LogP) is 0.674. The first-order valence-corrected chi connectivity index (χ1v) is 8.59. The van der Waals surface area contributed by atoms with E-state index in [0.29, 0.717) is 18.9 Å². The Hall–Kier alpha value is -0.990. The first-order chi connectivity index (χ1) is 10.3. The molecule has 0 bridgehead atoms. The summed E-state index contributed by atoms with van der Waals surface area (Å²) in [4.78, 5) is 24.3. The molecule has 2 N–H and O–H groups in total. The zero-order valence-electron chi connectivity index (χ0n) is 13.6. The van der Waals surface area contributed by atoms with Gasteiger partial charge in [0.15, 0.2) is 6.10 Å². The molecule has 1 saturated heterocycles. The van der Waals surface area contributed by atoms with Gasteiger partial charge in [-0.3, -0.25) is 18.0 Å². The maximum absolute atomic E-state index is 12.2. The highest BCUT2D eigenvalue weighted by atomic mass is 32.2. The Morgan fingerprint density at radius 3 is 2.41 bits per heavy atom. The molecule has 0 aromatic heterocycles. The molecule has 0 aromatic carbocycles. The van der Waals surface area contributed by atoms with Crippen LogP contribution in [0.1, 0.15) is 40.5 Å². The lowest BCUT2D eigenvalue weighted by Crippen LogP contribution is -2.50. The third-order valence-corrected chi connectivity index (χ3v) is 3.88. The standard InChI is InChI=1S/C14H26N2O5S/c1-9(2)5-6-15-13(17)11(7-10(3)4)16-14(18)12-8-20-22(19)21-12/h9-12H,5-8H2,1-4H3,(H,15,17)(H,16,18)/t11?,12-,22?/m0/s1. The number of carbonyl (C=O) groups excluding carboxylic acids is 2. The molecule has 0 aromatic rings. The van der Waals surface area contributed by atoms with Gasteiger partial charge in [-0.1, -0.05) is 27.7 Å². The van der Waals surface area contributed by atoms with Gasteiger partial charge in [-0.2, -0.15) is 4.21 Å². The number of rotatable bonds is 8. The van der Waals surface area contributed by atoms with Gasteiger partial charge in [0, 0.05) is 6.54 Å². The van der Waals surface area contributed by atoms with E-state index in [4.69, 9.17) is 4.18 Å². The molecule has 1 aliphatic heterocycles. The minimum absolute atomic E-state index is 0.0676. The smallest absolute Gasteiger partial charge is 0.305 e. The van der Waals surface area contributed by atoms with E-state index in [9.17, 15) is 13.8 Å². The zero-order chi connectivity index (χ0) is 16.7. The topological polar surface area (TPSA) is 93.7 Å². The second kappa shape index (κ2) is 9.22. The minimum atomic E-state index is -1.88. The lowest BCUT2D eigenvalue weighted by atomic mass is 10.0. The minimum Gasteiger partial charge on any atom is -0.354 e. The highest BCUT2D eigenvalue weighted by Crippen LogP contribution is 2.11. The highest BCUT2D eigenvalue weighted by molar-refractivity contribution is 7.75. The van der Waals surface area contributed by atoms with Crippen LogP contribution < -0.4 is 10.6 Å². The molecule has 2 unspecified atom stereocenters. The molecule has 0 aliphatic carbocycles. The summed E-state index contributed by atoms with van der Waals surface area (Å²) in [5.41, 5.74) is 0. The van der Waals surface area contributed by atoms with Crippen LogP contribution in [0.5, 0.6) is 0 Å². The molecule has 0 radical (unpaired) electrons. The van der Waals surface area contributed by atoms with Crippen molar-refractivity contribution in [3.05, 3.63) is 0 Å². The van der Waals surface area contributed by atoms with E-state index in [-0.39, 0.29) is 18.4 Å². The van der Waals surface area contributed by atoms with Crippen LogP contribution in [-0.4, -0.2) is 41.3 Å². The SMILES string of the molecule is CC(C)CCNC(=O)C(CC(C)C)NC(=O)[C@@H]1COS(=O)O1. The summed E-state index contributed by atoms with van der Waals surface area (Å²) in [6, 6.07) is -0.628. The Bertz CT molecular complexity index is 414. The Morgan fingerprint density at radius 1 is 1.23 bits per heavy atom. The van der Waals surface area contributed by atoms with Crippen LogP contribution in [0.2, 0.25) is 0 Å². The van der Waals surface area contributed by atoms with Gasteiger partial charge in [-0.05, 0) is 24.7 Å². The van der Waals surface area contributed by atoms with E-state index in [1.54, 1.807) is 0 Å². The summed E-state index contributed by atoms with van der Waals surface area (Å²) in [6.45, 7) is 8.62. The molecule has 7 nitrogen and oxygen atoms in total. The lowest BCUT2D eigenvalue weighted by Gasteiger charge is -2.21. The summed E-state index contributed by atoms with van der Waals surface area (Å²) in [5.74, 6) is 0.0618. The van der Waals surface area contributed by atoms with Gasteiger partial charge in [-0.15, -0.1) is 0 Å². The Morgan fingerprint density at radius 2 is 1.91 bits per heavy atom. The zero-order valence-corrected chi connectivity index (χ0v) is 14.4. The summed E-state index contributed by atoms with van der Waals surface area (Å²) in [5, 5.41) is 5.50. The van der Waals surface area contributed by atoms with E-state index in [1.807, 2.05) is 13.8 Å². The van der Waals surface area contributed by atoms with Gasteiger partial charge in [0.25, 0.3) is 5.91 Å². The van der Waals surface area contributed by atoms with Crippen LogP contribution in [0.15, 0.2) is 0 Å². The number of carbonyl (C=O) groups is 2. The fraction of sp³-hybridized carbons (Fsp3) is 0.857. The van der Waals surface area contributed by atoms with Crippen LogP contribution in [-0.2, 0) is 29.3 Å². The Kier molecular flexibility index (Phi) is 7.98. The van der Waals surface area contributed by atoms with E-state index in [2.05, 4.69) is 28.7 Å². The number of amides is 2. The van der Waals surface area contributed by atoms with Gasteiger partial charge in [0.2, 0.25) is 5.91 Å². The molecule has 3 atom stereocenters. The molecular formula is C14H26N2O5S. The summed E-state index contributed by atoms with van der Waals surface area (Å²) < 4.78 is 20.5. The monoisotopic (exact) mass is 334 g/mol. The highest BCUT2D eigenvalue weighted by Gasteiger charge is 2.33. The molecule has 8 heteroatoms. The van der Waals surface area contributed by atoms with Gasteiger partial charge in [0.1, 0.15) is 12.6 Å². The van der Waals surface area contributed by atoms with Crippen LogP contribution in [0, 0.1) is 11.8 Å². The predicted molar refractivity (Wildman–Crippen MR) is 82.8 cm³/mol. The fourth-order valence-electron chi connectivity index (χ4n) is 1.96. The van der Waals surface area contributed by atoms with Crippen molar-refractivity contribution in [3.63, 3.8) is 0 Å². The van der Waals surface area contributed by atoms with E-state index >= 15 is 0 Å². The molecule has 1 fully saturated rings. The fourth-order valence-corrected chi connectivity index (χ4v) is 2.58.